The van der Waals surface area contributed by atoms with E-state index in [9.17, 15) is 18.0 Å². The number of hydrogen-bond donors (Lipinski definition) is 0. The predicted octanol–water partition coefficient (Wildman–Crippen LogP) is 5.46. The molecule has 1 saturated heterocycles. The lowest BCUT2D eigenvalue weighted by Crippen LogP contribution is -2.28. The summed E-state index contributed by atoms with van der Waals surface area (Å²) in [6.45, 7) is 0.705. The fourth-order valence-corrected chi connectivity index (χ4v) is 3.05. The van der Waals surface area contributed by atoms with Gasteiger partial charge in [0, 0.05) is 11.4 Å². The Morgan fingerprint density at radius 1 is 0.967 bits per heavy atom. The van der Waals surface area contributed by atoms with Crippen molar-refractivity contribution >= 4 is 17.3 Å². The van der Waals surface area contributed by atoms with Gasteiger partial charge in [-0.25, -0.2) is 0 Å². The molecule has 1 amide bonds. The van der Waals surface area contributed by atoms with Crippen molar-refractivity contribution in [3.63, 3.8) is 0 Å². The van der Waals surface area contributed by atoms with Crippen LogP contribution in [0.5, 0.6) is 5.75 Å². The molecule has 1 aliphatic heterocycles. The number of amides is 1. The predicted molar refractivity (Wildman–Crippen MR) is 106 cm³/mol. The Morgan fingerprint density at radius 3 is 2.03 bits per heavy atom. The molecule has 0 radical (unpaired) electrons. The van der Waals surface area contributed by atoms with Crippen molar-refractivity contribution in [1.82, 2.24) is 0 Å². The van der Waals surface area contributed by atoms with Crippen LogP contribution in [0.15, 0.2) is 78.9 Å². The largest absolute Gasteiger partial charge is 0.491 e. The normalized spacial score (nSPS) is 15.5. The molecular weight excluding hydrogens is 395 g/mol. The van der Waals surface area contributed by atoms with Crippen LogP contribution < -0.4 is 9.64 Å². The van der Waals surface area contributed by atoms with Gasteiger partial charge < -0.3 is 9.47 Å². The van der Waals surface area contributed by atoms with Gasteiger partial charge in [-0.05, 0) is 42.5 Å². The third kappa shape index (κ3) is 4.46. The molecule has 7 heteroatoms. The van der Waals surface area contributed by atoms with Crippen LogP contribution in [0.3, 0.4) is 0 Å². The molecule has 0 saturated carbocycles. The summed E-state index contributed by atoms with van der Waals surface area (Å²) < 4.78 is 51.8. The quantitative estimate of drug-likeness (QED) is 0.504. The van der Waals surface area contributed by atoms with Gasteiger partial charge in [-0.15, -0.1) is 0 Å². The molecule has 0 aromatic heterocycles. The van der Waals surface area contributed by atoms with Crippen molar-refractivity contribution in [2.24, 2.45) is 0 Å². The highest BCUT2D eigenvalue weighted by Crippen LogP contribution is 2.37. The number of carbonyl (C=O) groups is 1. The molecule has 0 N–H and O–H groups in total. The van der Waals surface area contributed by atoms with Crippen LogP contribution in [0.4, 0.5) is 24.5 Å². The number of ether oxygens (including phenoxy) is 2. The fourth-order valence-electron chi connectivity index (χ4n) is 3.05. The molecule has 0 spiro atoms. The van der Waals surface area contributed by atoms with Crippen molar-refractivity contribution < 1.29 is 27.4 Å². The van der Waals surface area contributed by atoms with E-state index < -0.39 is 23.2 Å². The van der Waals surface area contributed by atoms with Crippen LogP contribution in [-0.2, 0) is 10.9 Å². The molecule has 1 heterocycles. The zero-order valence-electron chi connectivity index (χ0n) is 15.8. The van der Waals surface area contributed by atoms with Gasteiger partial charge in [0.05, 0.1) is 17.7 Å². The van der Waals surface area contributed by atoms with Crippen molar-refractivity contribution in [2.45, 2.75) is 12.3 Å². The van der Waals surface area contributed by atoms with Crippen LogP contribution in [0.1, 0.15) is 15.9 Å². The number of carbonyl (C=O) groups excluding carboxylic acids is 1. The standard InChI is InChI=1S/C23H18F3NO3/c24-23(25,26)21-13-18(29-14-19-15-30-19)11-12-20(21)22(28)27(16-7-3-1-4-8-16)17-9-5-2-6-10-17/h1-13,19H,14-15H2. The van der Waals surface area contributed by atoms with Gasteiger partial charge in [0.25, 0.3) is 5.91 Å². The molecule has 0 bridgehead atoms. The Balaban J connectivity index is 1.75. The Hall–Kier alpha value is -3.32. The Bertz CT molecular complexity index is 979. The summed E-state index contributed by atoms with van der Waals surface area (Å²) in [6.07, 6.45) is -4.81. The van der Waals surface area contributed by atoms with Gasteiger partial charge in [-0.1, -0.05) is 36.4 Å². The maximum absolute atomic E-state index is 13.8. The zero-order valence-corrected chi connectivity index (χ0v) is 15.8. The lowest BCUT2D eigenvalue weighted by Gasteiger charge is -2.25. The second-order valence-electron chi connectivity index (χ2n) is 6.78. The Kier molecular flexibility index (Phi) is 5.46. The lowest BCUT2D eigenvalue weighted by atomic mass is 10.0. The summed E-state index contributed by atoms with van der Waals surface area (Å²) >= 11 is 0. The summed E-state index contributed by atoms with van der Waals surface area (Å²) in [5.41, 5.74) is -0.565. The average molecular weight is 413 g/mol. The molecule has 1 atom stereocenters. The number of nitrogens with zero attached hydrogens (tertiary/aromatic N) is 1. The van der Waals surface area contributed by atoms with Gasteiger partial charge in [-0.3, -0.25) is 9.69 Å². The van der Waals surface area contributed by atoms with Crippen molar-refractivity contribution in [3.8, 4) is 5.75 Å². The van der Waals surface area contributed by atoms with Gasteiger partial charge in [0.2, 0.25) is 0 Å². The SMILES string of the molecule is O=C(c1ccc(OCC2CO2)cc1C(F)(F)F)N(c1ccccc1)c1ccccc1. The van der Waals surface area contributed by atoms with E-state index in [4.69, 9.17) is 9.47 Å². The molecule has 1 fully saturated rings. The van der Waals surface area contributed by atoms with Crippen LogP contribution in [-0.4, -0.2) is 25.2 Å². The number of epoxide rings is 1. The number of halogens is 3. The molecular formula is C23H18F3NO3. The maximum atomic E-state index is 13.8. The van der Waals surface area contributed by atoms with Gasteiger partial charge in [0.1, 0.15) is 18.5 Å². The molecule has 154 valence electrons. The zero-order chi connectivity index (χ0) is 21.1. The first-order valence-corrected chi connectivity index (χ1v) is 9.33. The van der Waals surface area contributed by atoms with E-state index in [1.807, 2.05) is 0 Å². The summed E-state index contributed by atoms with van der Waals surface area (Å²) in [6, 6.07) is 20.5. The number of alkyl halides is 3. The molecule has 30 heavy (non-hydrogen) atoms. The minimum absolute atomic E-state index is 0.0420. The smallest absolute Gasteiger partial charge is 0.417 e. The van der Waals surface area contributed by atoms with Crippen LogP contribution in [0.2, 0.25) is 0 Å². The summed E-state index contributed by atoms with van der Waals surface area (Å²) in [7, 11) is 0. The fraction of sp³-hybridized carbons (Fsp3) is 0.174. The molecule has 4 rings (SSSR count). The van der Waals surface area contributed by atoms with E-state index in [2.05, 4.69) is 0 Å². The topological polar surface area (TPSA) is 42.1 Å². The van der Waals surface area contributed by atoms with E-state index in [0.29, 0.717) is 18.0 Å². The van der Waals surface area contributed by atoms with E-state index >= 15 is 0 Å². The highest BCUT2D eigenvalue weighted by atomic mass is 19.4. The molecule has 1 aliphatic rings. The monoisotopic (exact) mass is 413 g/mol. The number of rotatable bonds is 6. The minimum Gasteiger partial charge on any atom is -0.491 e. The number of anilines is 2. The highest BCUT2D eigenvalue weighted by Gasteiger charge is 2.37. The average Bonchev–Trinajstić information content (AvgIpc) is 3.58. The number of benzene rings is 3. The molecule has 1 unspecified atom stereocenters. The van der Waals surface area contributed by atoms with E-state index in [-0.39, 0.29) is 18.5 Å². The second kappa shape index (κ2) is 8.20. The number of para-hydroxylation sites is 2. The summed E-state index contributed by atoms with van der Waals surface area (Å²) in [5, 5.41) is 0. The molecule has 3 aromatic rings. The molecule has 4 nitrogen and oxygen atoms in total. The molecule has 0 aliphatic carbocycles. The lowest BCUT2D eigenvalue weighted by molar-refractivity contribution is -0.138. The Morgan fingerprint density at radius 2 is 1.53 bits per heavy atom. The molecule has 3 aromatic carbocycles. The minimum atomic E-state index is -4.72. The van der Waals surface area contributed by atoms with Crippen molar-refractivity contribution in [1.29, 1.82) is 0 Å². The first-order valence-electron chi connectivity index (χ1n) is 9.33. The summed E-state index contributed by atoms with van der Waals surface area (Å²) in [5.74, 6) is -0.739. The van der Waals surface area contributed by atoms with E-state index in [0.717, 1.165) is 12.1 Å². The maximum Gasteiger partial charge on any atom is 0.417 e. The van der Waals surface area contributed by atoms with Gasteiger partial charge in [-0.2, -0.15) is 13.2 Å². The van der Waals surface area contributed by atoms with E-state index in [1.165, 1.54) is 11.0 Å². The van der Waals surface area contributed by atoms with Gasteiger partial charge >= 0.3 is 6.18 Å². The van der Waals surface area contributed by atoms with Gasteiger partial charge in [0.15, 0.2) is 0 Å². The van der Waals surface area contributed by atoms with E-state index in [1.54, 1.807) is 60.7 Å². The van der Waals surface area contributed by atoms with Crippen LogP contribution in [0, 0.1) is 0 Å². The van der Waals surface area contributed by atoms with Crippen molar-refractivity contribution in [3.05, 3.63) is 90.0 Å². The van der Waals surface area contributed by atoms with Crippen molar-refractivity contribution in [2.75, 3.05) is 18.1 Å². The number of hydrogen-bond acceptors (Lipinski definition) is 3. The third-order valence-electron chi connectivity index (χ3n) is 4.60. The first-order chi connectivity index (χ1) is 14.4. The first kappa shape index (κ1) is 20.0. The Labute approximate surface area is 171 Å². The van der Waals surface area contributed by atoms with Crippen LogP contribution >= 0.6 is 0 Å². The highest BCUT2D eigenvalue weighted by molar-refractivity contribution is 6.11. The van der Waals surface area contributed by atoms with Crippen LogP contribution in [0.25, 0.3) is 0 Å². The second-order valence-corrected chi connectivity index (χ2v) is 6.78. The third-order valence-corrected chi connectivity index (χ3v) is 4.60. The summed E-state index contributed by atoms with van der Waals surface area (Å²) in [4.78, 5) is 14.6.